The van der Waals surface area contributed by atoms with Gasteiger partial charge in [0, 0.05) is 0 Å². The number of rotatable bonds is 2. The molecule has 0 nitrogen and oxygen atoms in total. The van der Waals surface area contributed by atoms with Gasteiger partial charge >= 0.3 is 0 Å². The molecule has 0 unspecified atom stereocenters. The highest BCUT2D eigenvalue weighted by molar-refractivity contribution is 6.48. The van der Waals surface area contributed by atoms with Crippen LogP contribution < -0.4 is 0 Å². The second-order valence-corrected chi connectivity index (χ2v) is 3.83. The summed E-state index contributed by atoms with van der Waals surface area (Å²) in [5.74, 6) is -0.480. The molecule has 0 atom stereocenters. The van der Waals surface area contributed by atoms with E-state index >= 15 is 0 Å². The van der Waals surface area contributed by atoms with Crippen LogP contribution in [0.4, 0.5) is 8.78 Å². The zero-order valence-corrected chi connectivity index (χ0v) is 7.54. The molecule has 0 aliphatic carbocycles. The zero-order chi connectivity index (χ0) is 9.19. The lowest BCUT2D eigenvalue weighted by Gasteiger charge is -2.14. The minimum atomic E-state index is -1.64. The van der Waals surface area contributed by atoms with Crippen molar-refractivity contribution < 1.29 is 8.78 Å². The Morgan fingerprint density at radius 3 is 2.50 bits per heavy atom. The van der Waals surface area contributed by atoms with Crippen LogP contribution in [0.3, 0.4) is 0 Å². The van der Waals surface area contributed by atoms with E-state index < -0.39 is 16.8 Å². The molecule has 1 rings (SSSR count). The van der Waals surface area contributed by atoms with Crippen LogP contribution in [0.2, 0.25) is 0 Å². The fourth-order valence-corrected chi connectivity index (χ4v) is 1.03. The van der Waals surface area contributed by atoms with Gasteiger partial charge in [-0.25, -0.2) is 8.78 Å². The number of halogens is 4. The molecule has 0 fully saturated rings. The van der Waals surface area contributed by atoms with Crippen LogP contribution in [0.25, 0.3) is 0 Å². The van der Waals surface area contributed by atoms with Crippen molar-refractivity contribution in [2.24, 2.45) is 0 Å². The summed E-state index contributed by atoms with van der Waals surface area (Å²) in [4.78, 5) is 0. The molecule has 12 heavy (non-hydrogen) atoms. The van der Waals surface area contributed by atoms with Crippen LogP contribution >= 0.6 is 23.2 Å². The highest BCUT2D eigenvalue weighted by atomic mass is 35.5. The SMILES string of the molecule is FCC(Cl)(Cl)c1cccc(F)c1. The number of hydrogen-bond acceptors (Lipinski definition) is 0. The molecule has 66 valence electrons. The third-order valence-corrected chi connectivity index (χ3v) is 2.05. The minimum Gasteiger partial charge on any atom is -0.247 e. The fourth-order valence-electron chi connectivity index (χ4n) is 0.793. The van der Waals surface area contributed by atoms with E-state index in [2.05, 4.69) is 0 Å². The Labute approximate surface area is 79.1 Å². The van der Waals surface area contributed by atoms with E-state index in [1.807, 2.05) is 0 Å². The molecule has 1 aromatic rings. The molecule has 1 aromatic carbocycles. The molecule has 0 N–H and O–H groups in total. The highest BCUT2D eigenvalue weighted by Gasteiger charge is 2.26. The lowest BCUT2D eigenvalue weighted by atomic mass is 10.1. The minimum absolute atomic E-state index is 0.230. The molecule has 0 aromatic heterocycles. The number of benzene rings is 1. The van der Waals surface area contributed by atoms with Crippen molar-refractivity contribution in [2.75, 3.05) is 6.67 Å². The predicted octanol–water partition coefficient (Wildman–Crippen LogP) is 3.43. The lowest BCUT2D eigenvalue weighted by molar-refractivity contribution is 0.462. The predicted molar refractivity (Wildman–Crippen MR) is 45.8 cm³/mol. The van der Waals surface area contributed by atoms with Crippen LogP contribution in [0.15, 0.2) is 24.3 Å². The molecule has 0 bridgehead atoms. The molecular weight excluding hydrogens is 205 g/mol. The van der Waals surface area contributed by atoms with Crippen molar-refractivity contribution in [3.8, 4) is 0 Å². The smallest absolute Gasteiger partial charge is 0.171 e. The van der Waals surface area contributed by atoms with E-state index in [4.69, 9.17) is 23.2 Å². The van der Waals surface area contributed by atoms with E-state index in [-0.39, 0.29) is 5.56 Å². The molecule has 0 aliphatic heterocycles. The van der Waals surface area contributed by atoms with Crippen LogP contribution in [0.5, 0.6) is 0 Å². The third-order valence-electron chi connectivity index (χ3n) is 1.41. The Hall–Kier alpha value is -0.340. The summed E-state index contributed by atoms with van der Waals surface area (Å²) in [5.41, 5.74) is 0.230. The number of alkyl halides is 3. The van der Waals surface area contributed by atoms with Crippen LogP contribution in [0.1, 0.15) is 5.56 Å². The highest BCUT2D eigenvalue weighted by Crippen LogP contribution is 2.34. The monoisotopic (exact) mass is 210 g/mol. The summed E-state index contributed by atoms with van der Waals surface area (Å²) < 4.78 is 23.2. The van der Waals surface area contributed by atoms with Gasteiger partial charge in [0.05, 0.1) is 0 Å². The normalized spacial score (nSPS) is 11.7. The molecule has 0 saturated carbocycles. The van der Waals surface area contributed by atoms with Gasteiger partial charge in [-0.3, -0.25) is 0 Å². The van der Waals surface area contributed by atoms with E-state index in [0.29, 0.717) is 0 Å². The van der Waals surface area contributed by atoms with Crippen molar-refractivity contribution in [3.05, 3.63) is 35.6 Å². The molecule has 4 heteroatoms. The Bertz CT molecular complexity index is 274. The van der Waals surface area contributed by atoms with Gasteiger partial charge in [-0.2, -0.15) is 0 Å². The van der Waals surface area contributed by atoms with E-state index in [1.54, 1.807) is 0 Å². The maximum atomic E-state index is 12.6. The molecule has 0 radical (unpaired) electrons. The van der Waals surface area contributed by atoms with Crippen molar-refractivity contribution in [1.29, 1.82) is 0 Å². The van der Waals surface area contributed by atoms with E-state index in [9.17, 15) is 8.78 Å². The summed E-state index contributed by atoms with van der Waals surface area (Å²) in [6.07, 6.45) is 0. The van der Waals surface area contributed by atoms with Gasteiger partial charge < -0.3 is 0 Å². The van der Waals surface area contributed by atoms with Gasteiger partial charge in [0.1, 0.15) is 12.5 Å². The first-order valence-electron chi connectivity index (χ1n) is 3.26. The first kappa shape index (κ1) is 9.75. The molecule has 0 amide bonds. The maximum Gasteiger partial charge on any atom is 0.171 e. The van der Waals surface area contributed by atoms with Crippen molar-refractivity contribution in [3.63, 3.8) is 0 Å². The first-order valence-corrected chi connectivity index (χ1v) is 4.02. The Morgan fingerprint density at radius 1 is 1.33 bits per heavy atom. The van der Waals surface area contributed by atoms with Crippen molar-refractivity contribution in [2.45, 2.75) is 4.33 Å². The van der Waals surface area contributed by atoms with Gasteiger partial charge in [-0.15, -0.1) is 0 Å². The second kappa shape index (κ2) is 3.58. The van der Waals surface area contributed by atoms with Crippen LogP contribution in [-0.4, -0.2) is 6.67 Å². The fraction of sp³-hybridized carbons (Fsp3) is 0.250. The molecular formula is C8H6Cl2F2. The molecule has 0 aliphatic rings. The summed E-state index contributed by atoms with van der Waals surface area (Å²) >= 11 is 11.1. The van der Waals surface area contributed by atoms with E-state index in [0.717, 1.165) is 6.07 Å². The van der Waals surface area contributed by atoms with Crippen molar-refractivity contribution >= 4 is 23.2 Å². The van der Waals surface area contributed by atoms with Gasteiger partial charge in [0.25, 0.3) is 0 Å². The van der Waals surface area contributed by atoms with Crippen LogP contribution in [-0.2, 0) is 4.33 Å². The van der Waals surface area contributed by atoms with Crippen LogP contribution in [0, 0.1) is 5.82 Å². The quantitative estimate of drug-likeness (QED) is 0.657. The van der Waals surface area contributed by atoms with Crippen molar-refractivity contribution in [1.82, 2.24) is 0 Å². The Kier molecular flexibility index (Phi) is 2.91. The van der Waals surface area contributed by atoms with Gasteiger partial charge in [-0.1, -0.05) is 35.3 Å². The standard InChI is InChI=1S/C8H6Cl2F2/c9-8(10,5-11)6-2-1-3-7(12)4-6/h1-4H,5H2. The molecule has 0 spiro atoms. The van der Waals surface area contributed by atoms with E-state index in [1.165, 1.54) is 18.2 Å². The van der Waals surface area contributed by atoms with Gasteiger partial charge in [0.15, 0.2) is 4.33 Å². The summed E-state index contributed by atoms with van der Waals surface area (Å²) in [6.45, 7) is -0.945. The summed E-state index contributed by atoms with van der Waals surface area (Å²) in [5, 5.41) is 0. The van der Waals surface area contributed by atoms with Gasteiger partial charge in [-0.05, 0) is 17.7 Å². The zero-order valence-electron chi connectivity index (χ0n) is 6.03. The summed E-state index contributed by atoms with van der Waals surface area (Å²) in [6, 6.07) is 5.26. The molecule has 0 saturated heterocycles. The topological polar surface area (TPSA) is 0 Å². The first-order chi connectivity index (χ1) is 5.56. The largest absolute Gasteiger partial charge is 0.247 e. The number of hydrogen-bond donors (Lipinski definition) is 0. The van der Waals surface area contributed by atoms with Gasteiger partial charge in [0.2, 0.25) is 0 Å². The second-order valence-electron chi connectivity index (χ2n) is 2.35. The maximum absolute atomic E-state index is 12.6. The average Bonchev–Trinajstić information content (AvgIpc) is 2.05. The lowest BCUT2D eigenvalue weighted by Crippen LogP contribution is -2.12. The summed E-state index contributed by atoms with van der Waals surface area (Å²) in [7, 11) is 0. The Balaban J connectivity index is 3.03. The molecule has 0 heterocycles. The average molecular weight is 211 g/mol. The Morgan fingerprint density at radius 2 is 2.00 bits per heavy atom. The third kappa shape index (κ3) is 2.08.